The third-order valence-corrected chi connectivity index (χ3v) is 3.66. The summed E-state index contributed by atoms with van der Waals surface area (Å²) in [4.78, 5) is 14.0. The van der Waals surface area contributed by atoms with Gasteiger partial charge in [-0.05, 0) is 37.0 Å². The minimum absolute atomic E-state index is 0.125. The van der Waals surface area contributed by atoms with Crippen molar-refractivity contribution >= 4 is 17.3 Å². The SMILES string of the molecule is CNC(=O)c1cc(N2CCC(C)CC2)ccc1N. The van der Waals surface area contributed by atoms with Crippen LogP contribution in [0, 0.1) is 5.92 Å². The molecule has 0 atom stereocenters. The molecule has 0 spiro atoms. The van der Waals surface area contributed by atoms with Crippen molar-refractivity contribution in [1.29, 1.82) is 0 Å². The molecule has 0 saturated carbocycles. The molecule has 2 rings (SSSR count). The molecule has 1 fully saturated rings. The van der Waals surface area contributed by atoms with E-state index in [0.29, 0.717) is 11.3 Å². The first-order chi connectivity index (χ1) is 8.61. The smallest absolute Gasteiger partial charge is 0.253 e. The number of nitrogens with zero attached hydrogens (tertiary/aromatic N) is 1. The molecule has 18 heavy (non-hydrogen) atoms. The molecule has 1 aliphatic heterocycles. The van der Waals surface area contributed by atoms with Crippen molar-refractivity contribution < 1.29 is 4.79 Å². The minimum Gasteiger partial charge on any atom is -0.398 e. The topological polar surface area (TPSA) is 58.4 Å². The van der Waals surface area contributed by atoms with E-state index in [1.165, 1.54) is 12.8 Å². The maximum Gasteiger partial charge on any atom is 0.253 e. The molecule has 0 bridgehead atoms. The van der Waals surface area contributed by atoms with Gasteiger partial charge < -0.3 is 16.0 Å². The van der Waals surface area contributed by atoms with Gasteiger partial charge in [-0.2, -0.15) is 0 Å². The first-order valence-corrected chi connectivity index (χ1v) is 6.48. The normalized spacial score (nSPS) is 16.7. The Morgan fingerprint density at radius 3 is 2.67 bits per heavy atom. The van der Waals surface area contributed by atoms with Gasteiger partial charge in [-0.25, -0.2) is 0 Å². The van der Waals surface area contributed by atoms with Gasteiger partial charge in [-0.15, -0.1) is 0 Å². The molecule has 1 heterocycles. The van der Waals surface area contributed by atoms with Crippen molar-refractivity contribution in [2.45, 2.75) is 19.8 Å². The fourth-order valence-corrected chi connectivity index (χ4v) is 2.34. The molecular formula is C14H21N3O. The third kappa shape index (κ3) is 2.58. The first kappa shape index (κ1) is 12.7. The molecule has 0 aliphatic carbocycles. The lowest BCUT2D eigenvalue weighted by Crippen LogP contribution is -2.33. The zero-order valence-corrected chi connectivity index (χ0v) is 11.1. The lowest BCUT2D eigenvalue weighted by molar-refractivity contribution is 0.0964. The number of nitrogen functional groups attached to an aromatic ring is 1. The van der Waals surface area contributed by atoms with Crippen molar-refractivity contribution in [3.63, 3.8) is 0 Å². The second-order valence-corrected chi connectivity index (χ2v) is 5.02. The predicted molar refractivity (Wildman–Crippen MR) is 74.9 cm³/mol. The molecule has 3 N–H and O–H groups in total. The highest BCUT2D eigenvalue weighted by atomic mass is 16.1. The van der Waals surface area contributed by atoms with Gasteiger partial charge in [-0.1, -0.05) is 6.92 Å². The molecular weight excluding hydrogens is 226 g/mol. The number of carbonyl (C=O) groups is 1. The van der Waals surface area contributed by atoms with Gasteiger partial charge in [0.15, 0.2) is 0 Å². The summed E-state index contributed by atoms with van der Waals surface area (Å²) in [6.45, 7) is 4.40. The first-order valence-electron chi connectivity index (χ1n) is 6.48. The van der Waals surface area contributed by atoms with Crippen molar-refractivity contribution in [3.05, 3.63) is 23.8 Å². The molecule has 0 radical (unpaired) electrons. The van der Waals surface area contributed by atoms with Crippen LogP contribution >= 0.6 is 0 Å². The highest BCUT2D eigenvalue weighted by Crippen LogP contribution is 2.26. The van der Waals surface area contributed by atoms with Gasteiger partial charge in [-0.3, -0.25) is 4.79 Å². The van der Waals surface area contributed by atoms with Crippen LogP contribution in [0.3, 0.4) is 0 Å². The highest BCUT2D eigenvalue weighted by Gasteiger charge is 2.17. The Hall–Kier alpha value is -1.71. The van der Waals surface area contributed by atoms with E-state index in [9.17, 15) is 4.79 Å². The average Bonchev–Trinajstić information content (AvgIpc) is 2.39. The summed E-state index contributed by atoms with van der Waals surface area (Å²) in [6.07, 6.45) is 2.42. The maximum absolute atomic E-state index is 11.7. The lowest BCUT2D eigenvalue weighted by atomic mass is 9.98. The van der Waals surface area contributed by atoms with E-state index in [0.717, 1.165) is 24.7 Å². The molecule has 1 aromatic carbocycles. The molecule has 0 aromatic heterocycles. The quantitative estimate of drug-likeness (QED) is 0.784. The Morgan fingerprint density at radius 1 is 1.39 bits per heavy atom. The van der Waals surface area contributed by atoms with Crippen molar-refractivity contribution in [2.24, 2.45) is 5.92 Å². The van der Waals surface area contributed by atoms with Gasteiger partial charge in [0.1, 0.15) is 0 Å². The summed E-state index contributed by atoms with van der Waals surface area (Å²) < 4.78 is 0. The summed E-state index contributed by atoms with van der Waals surface area (Å²) in [7, 11) is 1.62. The largest absolute Gasteiger partial charge is 0.398 e. The molecule has 98 valence electrons. The van der Waals surface area contributed by atoms with Crippen LogP contribution < -0.4 is 16.0 Å². The number of hydrogen-bond donors (Lipinski definition) is 2. The van der Waals surface area contributed by atoms with Crippen LogP contribution in [0.15, 0.2) is 18.2 Å². The lowest BCUT2D eigenvalue weighted by Gasteiger charge is -2.32. The average molecular weight is 247 g/mol. The molecule has 0 unspecified atom stereocenters. The van der Waals surface area contributed by atoms with Gasteiger partial charge in [0.2, 0.25) is 0 Å². The monoisotopic (exact) mass is 247 g/mol. The highest BCUT2D eigenvalue weighted by molar-refractivity contribution is 5.99. The van der Waals surface area contributed by atoms with E-state index in [1.54, 1.807) is 7.05 Å². The molecule has 4 nitrogen and oxygen atoms in total. The Kier molecular flexibility index (Phi) is 3.75. The van der Waals surface area contributed by atoms with Crippen LogP contribution in [-0.2, 0) is 0 Å². The van der Waals surface area contributed by atoms with E-state index >= 15 is 0 Å². The minimum atomic E-state index is -0.125. The summed E-state index contributed by atoms with van der Waals surface area (Å²) in [5.74, 6) is 0.674. The summed E-state index contributed by atoms with van der Waals surface area (Å²) in [6, 6.07) is 5.71. The van der Waals surface area contributed by atoms with Crippen LogP contribution in [0.4, 0.5) is 11.4 Å². The summed E-state index contributed by atoms with van der Waals surface area (Å²) in [5, 5.41) is 2.62. The van der Waals surface area contributed by atoms with Gasteiger partial charge in [0.25, 0.3) is 5.91 Å². The van der Waals surface area contributed by atoms with Gasteiger partial charge in [0.05, 0.1) is 5.56 Å². The number of nitrogens with two attached hydrogens (primary N) is 1. The zero-order valence-electron chi connectivity index (χ0n) is 11.1. The summed E-state index contributed by atoms with van der Waals surface area (Å²) in [5.41, 5.74) is 8.03. The fraction of sp³-hybridized carbons (Fsp3) is 0.500. The fourth-order valence-electron chi connectivity index (χ4n) is 2.34. The maximum atomic E-state index is 11.7. The number of piperidine rings is 1. The molecule has 1 saturated heterocycles. The van der Waals surface area contributed by atoms with Crippen molar-refractivity contribution in [1.82, 2.24) is 5.32 Å². The Morgan fingerprint density at radius 2 is 2.06 bits per heavy atom. The Balaban J connectivity index is 2.21. The van der Waals surface area contributed by atoms with Gasteiger partial charge in [0, 0.05) is 31.5 Å². The number of amides is 1. The van der Waals surface area contributed by atoms with E-state index in [2.05, 4.69) is 17.1 Å². The molecule has 1 aromatic rings. The van der Waals surface area contributed by atoms with Gasteiger partial charge >= 0.3 is 0 Å². The van der Waals surface area contributed by atoms with E-state index in [1.807, 2.05) is 18.2 Å². The molecule has 4 heteroatoms. The molecule has 1 amide bonds. The number of rotatable bonds is 2. The summed E-state index contributed by atoms with van der Waals surface area (Å²) >= 11 is 0. The standard InChI is InChI=1S/C14H21N3O/c1-10-5-7-17(8-6-10)11-3-4-13(15)12(9-11)14(18)16-2/h3-4,9-10H,5-8,15H2,1-2H3,(H,16,18). The number of nitrogens with one attached hydrogen (secondary N) is 1. The molecule has 1 aliphatic rings. The number of carbonyl (C=O) groups excluding carboxylic acids is 1. The van der Waals surface area contributed by atoms with E-state index in [-0.39, 0.29) is 5.91 Å². The second kappa shape index (κ2) is 5.29. The van der Waals surface area contributed by atoms with Crippen LogP contribution in [0.5, 0.6) is 0 Å². The number of hydrogen-bond acceptors (Lipinski definition) is 3. The number of anilines is 2. The van der Waals surface area contributed by atoms with Crippen LogP contribution in [0.2, 0.25) is 0 Å². The van der Waals surface area contributed by atoms with Crippen molar-refractivity contribution in [3.8, 4) is 0 Å². The van der Waals surface area contributed by atoms with E-state index in [4.69, 9.17) is 5.73 Å². The Bertz CT molecular complexity index is 437. The Labute approximate surface area is 108 Å². The van der Waals surface area contributed by atoms with Crippen LogP contribution in [0.25, 0.3) is 0 Å². The number of benzene rings is 1. The van der Waals surface area contributed by atoms with E-state index < -0.39 is 0 Å². The van der Waals surface area contributed by atoms with Crippen molar-refractivity contribution in [2.75, 3.05) is 30.8 Å². The third-order valence-electron chi connectivity index (χ3n) is 3.66. The zero-order chi connectivity index (χ0) is 13.1. The second-order valence-electron chi connectivity index (χ2n) is 5.02. The predicted octanol–water partition coefficient (Wildman–Crippen LogP) is 1.86. The van der Waals surface area contributed by atoms with Crippen LogP contribution in [0.1, 0.15) is 30.1 Å². The van der Waals surface area contributed by atoms with Crippen LogP contribution in [-0.4, -0.2) is 26.0 Å².